The van der Waals surface area contributed by atoms with Gasteiger partial charge in [-0.3, -0.25) is 14.6 Å². The number of anilines is 2. The summed E-state index contributed by atoms with van der Waals surface area (Å²) in [7, 11) is 0. The number of carbonyl (C=O) groups is 1. The second kappa shape index (κ2) is 8.06. The average Bonchev–Trinajstić information content (AvgIpc) is 3.02. The molecular formula is C23H24F3N3O3. The number of piperazine rings is 1. The third kappa shape index (κ3) is 3.64. The molecule has 3 aliphatic heterocycles. The van der Waals surface area contributed by atoms with Gasteiger partial charge in [0, 0.05) is 37.4 Å². The maximum Gasteiger partial charge on any atom is 0.416 e. The Morgan fingerprint density at radius 3 is 2.38 bits per heavy atom. The van der Waals surface area contributed by atoms with E-state index in [2.05, 4.69) is 4.90 Å². The number of fused-ring (bicyclic) bond motifs is 2. The van der Waals surface area contributed by atoms with E-state index in [1.54, 1.807) is 11.0 Å². The van der Waals surface area contributed by atoms with Gasteiger partial charge in [-0.1, -0.05) is 24.3 Å². The van der Waals surface area contributed by atoms with Gasteiger partial charge in [0.2, 0.25) is 0 Å². The summed E-state index contributed by atoms with van der Waals surface area (Å²) in [6, 6.07) is 12.9. The van der Waals surface area contributed by atoms with Crippen LogP contribution < -0.4 is 9.80 Å². The SMILES string of the molecule is O=C1N(CN2CCN(c3cccc(C(F)(F)F)c3)CC2)c2ccccc2C12OCCCO2. The molecule has 0 bridgehead atoms. The number of alkyl halides is 3. The first-order valence-corrected chi connectivity index (χ1v) is 10.7. The number of hydrogen-bond donors (Lipinski definition) is 0. The van der Waals surface area contributed by atoms with Crippen LogP contribution in [-0.4, -0.2) is 56.9 Å². The van der Waals surface area contributed by atoms with E-state index in [0.29, 0.717) is 51.7 Å². The van der Waals surface area contributed by atoms with Crippen LogP contribution in [0.2, 0.25) is 0 Å². The monoisotopic (exact) mass is 447 g/mol. The van der Waals surface area contributed by atoms with Crippen LogP contribution in [0.1, 0.15) is 17.5 Å². The van der Waals surface area contributed by atoms with Crippen molar-refractivity contribution < 1.29 is 27.4 Å². The Morgan fingerprint density at radius 1 is 0.938 bits per heavy atom. The standard InChI is InChI=1S/C23H24F3N3O3/c24-23(25,26)17-5-3-6-18(15-17)28-11-9-27(10-12-28)16-29-20-8-2-1-7-19(20)22(21(29)30)31-13-4-14-32-22/h1-3,5-8,15H,4,9-14,16H2. The minimum atomic E-state index is -4.36. The lowest BCUT2D eigenvalue weighted by molar-refractivity contribution is -0.256. The molecule has 2 saturated heterocycles. The van der Waals surface area contributed by atoms with Crippen LogP contribution in [0.25, 0.3) is 0 Å². The Balaban J connectivity index is 1.28. The summed E-state index contributed by atoms with van der Waals surface area (Å²) in [6.45, 7) is 3.69. The smallest absolute Gasteiger partial charge is 0.369 e. The molecule has 9 heteroatoms. The normalized spacial score (nSPS) is 21.3. The summed E-state index contributed by atoms with van der Waals surface area (Å²) in [5, 5.41) is 0. The number of amides is 1. The Kier molecular flexibility index (Phi) is 5.35. The van der Waals surface area contributed by atoms with Crippen molar-refractivity contribution in [2.75, 3.05) is 55.9 Å². The molecule has 0 saturated carbocycles. The molecule has 170 valence electrons. The van der Waals surface area contributed by atoms with Gasteiger partial charge in [0.1, 0.15) is 0 Å². The Morgan fingerprint density at radius 2 is 1.66 bits per heavy atom. The molecule has 1 spiro atoms. The first kappa shape index (κ1) is 21.2. The van der Waals surface area contributed by atoms with Gasteiger partial charge in [-0.05, 0) is 30.7 Å². The Hall–Kier alpha value is -2.62. The van der Waals surface area contributed by atoms with Gasteiger partial charge < -0.3 is 14.4 Å². The van der Waals surface area contributed by atoms with E-state index in [-0.39, 0.29) is 5.91 Å². The van der Waals surface area contributed by atoms with Gasteiger partial charge in [-0.25, -0.2) is 0 Å². The number of halogens is 3. The number of benzene rings is 2. The third-order valence-corrected chi connectivity index (χ3v) is 6.23. The molecule has 3 aliphatic rings. The summed E-state index contributed by atoms with van der Waals surface area (Å²) in [5.74, 6) is -1.59. The minimum absolute atomic E-state index is 0.223. The maximum absolute atomic E-state index is 13.4. The van der Waals surface area contributed by atoms with Crippen LogP contribution in [0.4, 0.5) is 24.5 Å². The summed E-state index contributed by atoms with van der Waals surface area (Å²) < 4.78 is 50.9. The van der Waals surface area contributed by atoms with Gasteiger partial charge in [0.25, 0.3) is 11.7 Å². The van der Waals surface area contributed by atoms with Crippen LogP contribution in [-0.2, 0) is 26.2 Å². The molecule has 2 fully saturated rings. The minimum Gasteiger partial charge on any atom is -0.369 e. The Bertz CT molecular complexity index is 999. The number of carbonyl (C=O) groups excluding carboxylic acids is 1. The van der Waals surface area contributed by atoms with Crippen LogP contribution in [0.3, 0.4) is 0 Å². The lowest BCUT2D eigenvalue weighted by atomic mass is 10.1. The largest absolute Gasteiger partial charge is 0.416 e. The number of nitrogens with zero attached hydrogens (tertiary/aromatic N) is 3. The van der Waals surface area contributed by atoms with Crippen molar-refractivity contribution >= 4 is 17.3 Å². The highest BCUT2D eigenvalue weighted by atomic mass is 19.4. The molecule has 0 aliphatic carbocycles. The van der Waals surface area contributed by atoms with Crippen molar-refractivity contribution in [3.05, 3.63) is 59.7 Å². The maximum atomic E-state index is 13.4. The van der Waals surface area contributed by atoms with Crippen LogP contribution >= 0.6 is 0 Å². The quantitative estimate of drug-likeness (QED) is 0.722. The fourth-order valence-electron chi connectivity index (χ4n) is 4.57. The molecule has 0 aromatic heterocycles. The number of ether oxygens (including phenoxy) is 2. The van der Waals surface area contributed by atoms with Gasteiger partial charge in [0.15, 0.2) is 0 Å². The van der Waals surface area contributed by atoms with Crippen LogP contribution in [0.15, 0.2) is 48.5 Å². The average molecular weight is 447 g/mol. The zero-order valence-electron chi connectivity index (χ0n) is 17.5. The van der Waals surface area contributed by atoms with Crippen molar-refractivity contribution in [1.29, 1.82) is 0 Å². The zero-order valence-corrected chi connectivity index (χ0v) is 17.5. The van der Waals surface area contributed by atoms with Gasteiger partial charge in [-0.15, -0.1) is 0 Å². The summed E-state index contributed by atoms with van der Waals surface area (Å²) in [6.07, 6.45) is -3.62. The van der Waals surface area contributed by atoms with Crippen molar-refractivity contribution in [2.45, 2.75) is 18.4 Å². The van der Waals surface area contributed by atoms with Crippen molar-refractivity contribution in [3.63, 3.8) is 0 Å². The van der Waals surface area contributed by atoms with E-state index >= 15 is 0 Å². The lowest BCUT2D eigenvalue weighted by Crippen LogP contribution is -2.53. The molecule has 0 N–H and O–H groups in total. The van der Waals surface area contributed by atoms with E-state index in [4.69, 9.17) is 9.47 Å². The first-order chi connectivity index (χ1) is 15.4. The predicted molar refractivity (Wildman–Crippen MR) is 112 cm³/mol. The second-order valence-electron chi connectivity index (χ2n) is 8.21. The summed E-state index contributed by atoms with van der Waals surface area (Å²) in [5.41, 5.74) is 1.42. The molecule has 6 nitrogen and oxygen atoms in total. The van der Waals surface area contributed by atoms with Crippen LogP contribution in [0, 0.1) is 0 Å². The zero-order chi connectivity index (χ0) is 22.3. The molecule has 1 amide bonds. The highest BCUT2D eigenvalue weighted by Crippen LogP contribution is 2.45. The molecule has 0 atom stereocenters. The summed E-state index contributed by atoms with van der Waals surface area (Å²) in [4.78, 5) is 19.1. The van der Waals surface area contributed by atoms with E-state index in [1.807, 2.05) is 29.2 Å². The molecular weight excluding hydrogens is 423 g/mol. The summed E-state index contributed by atoms with van der Waals surface area (Å²) >= 11 is 0. The molecule has 0 radical (unpaired) electrons. The molecule has 32 heavy (non-hydrogen) atoms. The molecule has 2 aromatic rings. The number of rotatable bonds is 3. The topological polar surface area (TPSA) is 45.3 Å². The number of hydrogen-bond acceptors (Lipinski definition) is 5. The molecule has 3 heterocycles. The van der Waals surface area contributed by atoms with E-state index < -0.39 is 17.5 Å². The van der Waals surface area contributed by atoms with Crippen LogP contribution in [0.5, 0.6) is 0 Å². The predicted octanol–water partition coefficient (Wildman–Crippen LogP) is 3.42. The van der Waals surface area contributed by atoms with E-state index in [1.165, 1.54) is 12.1 Å². The van der Waals surface area contributed by atoms with E-state index in [0.717, 1.165) is 23.7 Å². The third-order valence-electron chi connectivity index (χ3n) is 6.23. The van der Waals surface area contributed by atoms with E-state index in [9.17, 15) is 18.0 Å². The highest BCUT2D eigenvalue weighted by molar-refractivity contribution is 6.06. The lowest BCUT2D eigenvalue weighted by Gasteiger charge is -2.38. The van der Waals surface area contributed by atoms with Gasteiger partial charge >= 0.3 is 6.18 Å². The molecule has 0 unspecified atom stereocenters. The fraction of sp³-hybridized carbons (Fsp3) is 0.435. The second-order valence-corrected chi connectivity index (χ2v) is 8.21. The van der Waals surface area contributed by atoms with Crippen molar-refractivity contribution in [1.82, 2.24) is 4.90 Å². The Labute approximate surface area is 184 Å². The molecule has 5 rings (SSSR count). The molecule has 2 aromatic carbocycles. The van der Waals surface area contributed by atoms with Crippen molar-refractivity contribution in [2.24, 2.45) is 0 Å². The highest BCUT2D eigenvalue weighted by Gasteiger charge is 2.55. The first-order valence-electron chi connectivity index (χ1n) is 10.7. The van der Waals surface area contributed by atoms with Crippen molar-refractivity contribution in [3.8, 4) is 0 Å². The number of para-hydroxylation sites is 1. The van der Waals surface area contributed by atoms with Gasteiger partial charge in [0.05, 0.1) is 31.1 Å². The fourth-order valence-corrected chi connectivity index (χ4v) is 4.57. The van der Waals surface area contributed by atoms with Gasteiger partial charge in [-0.2, -0.15) is 13.2 Å².